The van der Waals surface area contributed by atoms with E-state index in [1.54, 1.807) is 54.0 Å². The number of benzene rings is 1. The molecule has 1 aliphatic heterocycles. The van der Waals surface area contributed by atoms with Crippen molar-refractivity contribution in [2.45, 2.75) is 13.0 Å². The zero-order chi connectivity index (χ0) is 21.9. The zero-order valence-corrected chi connectivity index (χ0v) is 17.1. The first kappa shape index (κ1) is 19.7. The van der Waals surface area contributed by atoms with Gasteiger partial charge in [0.2, 0.25) is 0 Å². The van der Waals surface area contributed by atoms with Crippen LogP contribution < -0.4 is 5.32 Å². The Morgan fingerprint density at radius 1 is 0.969 bits per heavy atom. The van der Waals surface area contributed by atoms with Gasteiger partial charge in [-0.3, -0.25) is 14.8 Å². The van der Waals surface area contributed by atoms with E-state index in [1.165, 1.54) is 12.1 Å². The van der Waals surface area contributed by atoms with Crippen molar-refractivity contribution >= 4 is 17.4 Å². The molecule has 0 saturated heterocycles. The molecule has 1 aromatic carbocycles. The van der Waals surface area contributed by atoms with E-state index in [9.17, 15) is 9.18 Å². The van der Waals surface area contributed by atoms with Crippen LogP contribution in [0.1, 0.15) is 21.6 Å². The quantitative estimate of drug-likeness (QED) is 0.531. The highest BCUT2D eigenvalue weighted by atomic mass is 19.1. The Morgan fingerprint density at radius 2 is 1.72 bits per heavy atom. The predicted molar refractivity (Wildman–Crippen MR) is 118 cm³/mol. The zero-order valence-electron chi connectivity index (χ0n) is 17.1. The minimum atomic E-state index is -0.346. The minimum Gasteiger partial charge on any atom is -0.340 e. The van der Waals surface area contributed by atoms with Crippen molar-refractivity contribution < 1.29 is 9.18 Å². The molecule has 5 rings (SSSR count). The van der Waals surface area contributed by atoms with Crippen molar-refractivity contribution in [3.05, 3.63) is 96.0 Å². The SMILES string of the molecule is O=C(c1ccncc1)N1CCc2nc(-c3ccncc3)nc(Nc3cccc(F)c3)c2C1. The minimum absolute atomic E-state index is 0.0760. The molecular formula is C24H19FN6O. The third-order valence-electron chi connectivity index (χ3n) is 5.30. The smallest absolute Gasteiger partial charge is 0.254 e. The molecule has 0 bridgehead atoms. The van der Waals surface area contributed by atoms with Gasteiger partial charge in [-0.15, -0.1) is 0 Å². The third kappa shape index (κ3) is 4.02. The number of nitrogens with one attached hydrogen (secondary N) is 1. The van der Waals surface area contributed by atoms with Crippen molar-refractivity contribution in [2.24, 2.45) is 0 Å². The second-order valence-corrected chi connectivity index (χ2v) is 7.40. The maximum Gasteiger partial charge on any atom is 0.254 e. The second-order valence-electron chi connectivity index (χ2n) is 7.40. The number of halogens is 1. The van der Waals surface area contributed by atoms with E-state index in [-0.39, 0.29) is 11.7 Å². The van der Waals surface area contributed by atoms with Gasteiger partial charge in [0.25, 0.3) is 5.91 Å². The van der Waals surface area contributed by atoms with Crippen LogP contribution in [0.4, 0.5) is 15.9 Å². The summed E-state index contributed by atoms with van der Waals surface area (Å²) in [6.07, 6.45) is 7.17. The van der Waals surface area contributed by atoms with E-state index >= 15 is 0 Å². The number of carbonyl (C=O) groups excluding carboxylic acids is 1. The fraction of sp³-hybridized carbons (Fsp3) is 0.125. The lowest BCUT2D eigenvalue weighted by molar-refractivity contribution is 0.0733. The number of carbonyl (C=O) groups is 1. The summed E-state index contributed by atoms with van der Waals surface area (Å²) in [5.41, 5.74) is 3.67. The molecule has 0 fully saturated rings. The van der Waals surface area contributed by atoms with E-state index in [1.807, 2.05) is 12.1 Å². The largest absolute Gasteiger partial charge is 0.340 e. The summed E-state index contributed by atoms with van der Waals surface area (Å²) in [6, 6.07) is 13.3. The molecule has 1 N–H and O–H groups in total. The number of rotatable bonds is 4. The van der Waals surface area contributed by atoms with Crippen LogP contribution in [0.5, 0.6) is 0 Å². The molecule has 4 heterocycles. The van der Waals surface area contributed by atoms with Crippen LogP contribution >= 0.6 is 0 Å². The molecule has 158 valence electrons. The molecule has 0 unspecified atom stereocenters. The molecule has 7 nitrogen and oxygen atoms in total. The maximum absolute atomic E-state index is 13.8. The van der Waals surface area contributed by atoms with Crippen LogP contribution in [0.15, 0.2) is 73.3 Å². The number of aromatic nitrogens is 4. The molecule has 8 heteroatoms. The first-order valence-corrected chi connectivity index (χ1v) is 10.2. The molecule has 4 aromatic rings. The molecule has 0 saturated carbocycles. The molecule has 0 atom stereocenters. The Kier molecular flexibility index (Phi) is 5.25. The topological polar surface area (TPSA) is 83.9 Å². The summed E-state index contributed by atoms with van der Waals surface area (Å²) in [7, 11) is 0. The second kappa shape index (κ2) is 8.50. The van der Waals surface area contributed by atoms with Crippen LogP contribution in [0.3, 0.4) is 0 Å². The summed E-state index contributed by atoms with van der Waals surface area (Å²) in [5.74, 6) is 0.688. The Hall–Kier alpha value is -4.20. The average Bonchev–Trinajstić information content (AvgIpc) is 2.84. The summed E-state index contributed by atoms with van der Waals surface area (Å²) < 4.78 is 13.8. The van der Waals surface area contributed by atoms with Gasteiger partial charge in [0.15, 0.2) is 5.82 Å². The molecular weight excluding hydrogens is 407 g/mol. The fourth-order valence-electron chi connectivity index (χ4n) is 3.70. The Bertz CT molecular complexity index is 1270. The molecule has 3 aromatic heterocycles. The van der Waals surface area contributed by atoms with Gasteiger partial charge in [-0.25, -0.2) is 14.4 Å². The first-order chi connectivity index (χ1) is 15.7. The van der Waals surface area contributed by atoms with Crippen molar-refractivity contribution in [1.82, 2.24) is 24.8 Å². The van der Waals surface area contributed by atoms with Gasteiger partial charge in [0.1, 0.15) is 11.6 Å². The first-order valence-electron chi connectivity index (χ1n) is 10.2. The van der Waals surface area contributed by atoms with Gasteiger partial charge in [-0.05, 0) is 42.5 Å². The molecule has 32 heavy (non-hydrogen) atoms. The fourth-order valence-corrected chi connectivity index (χ4v) is 3.70. The van der Waals surface area contributed by atoms with E-state index in [0.29, 0.717) is 42.4 Å². The lowest BCUT2D eigenvalue weighted by Crippen LogP contribution is -2.37. The molecule has 1 aliphatic rings. The predicted octanol–water partition coefficient (Wildman–Crippen LogP) is 4.01. The highest BCUT2D eigenvalue weighted by Gasteiger charge is 2.26. The van der Waals surface area contributed by atoms with Crippen molar-refractivity contribution in [3.63, 3.8) is 0 Å². The number of nitrogens with zero attached hydrogens (tertiary/aromatic N) is 5. The Balaban J connectivity index is 1.54. The monoisotopic (exact) mass is 426 g/mol. The maximum atomic E-state index is 13.8. The van der Waals surface area contributed by atoms with Gasteiger partial charge in [0, 0.05) is 60.1 Å². The summed E-state index contributed by atoms with van der Waals surface area (Å²) in [5, 5.41) is 3.23. The van der Waals surface area contributed by atoms with Crippen LogP contribution in [0.25, 0.3) is 11.4 Å². The molecule has 1 amide bonds. The number of anilines is 2. The highest BCUT2D eigenvalue weighted by Crippen LogP contribution is 2.30. The van der Waals surface area contributed by atoms with Crippen molar-refractivity contribution in [1.29, 1.82) is 0 Å². The van der Waals surface area contributed by atoms with Gasteiger partial charge >= 0.3 is 0 Å². The van der Waals surface area contributed by atoms with Gasteiger partial charge in [0.05, 0.1) is 12.2 Å². The van der Waals surface area contributed by atoms with Gasteiger partial charge in [-0.2, -0.15) is 0 Å². The van der Waals surface area contributed by atoms with Crippen LogP contribution in [0, 0.1) is 5.82 Å². The molecule has 0 aliphatic carbocycles. The van der Waals surface area contributed by atoms with Crippen LogP contribution in [-0.2, 0) is 13.0 Å². The van der Waals surface area contributed by atoms with Crippen molar-refractivity contribution in [3.8, 4) is 11.4 Å². The van der Waals surface area contributed by atoms with Crippen LogP contribution in [-0.4, -0.2) is 37.3 Å². The van der Waals surface area contributed by atoms with Crippen molar-refractivity contribution in [2.75, 3.05) is 11.9 Å². The number of fused-ring (bicyclic) bond motifs is 1. The van der Waals surface area contributed by atoms with E-state index in [2.05, 4.69) is 15.3 Å². The van der Waals surface area contributed by atoms with Crippen LogP contribution in [0.2, 0.25) is 0 Å². The standard InChI is InChI=1S/C24H19FN6O/c25-18-2-1-3-19(14-18)28-23-20-15-31(24(32)17-6-11-27-12-7-17)13-8-21(20)29-22(30-23)16-4-9-26-10-5-16/h1-7,9-12,14H,8,13,15H2,(H,28,29,30). The Morgan fingerprint density at radius 3 is 2.47 bits per heavy atom. The normalized spacial score (nSPS) is 12.8. The van der Waals surface area contributed by atoms with Gasteiger partial charge < -0.3 is 10.2 Å². The lowest BCUT2D eigenvalue weighted by atomic mass is 10.0. The van der Waals surface area contributed by atoms with E-state index in [0.717, 1.165) is 16.8 Å². The molecule has 0 radical (unpaired) electrons. The number of amides is 1. The number of pyridine rings is 2. The average molecular weight is 426 g/mol. The van der Waals surface area contributed by atoms with Gasteiger partial charge in [-0.1, -0.05) is 6.07 Å². The molecule has 0 spiro atoms. The van der Waals surface area contributed by atoms with E-state index < -0.39 is 0 Å². The Labute approximate surface area is 184 Å². The number of hydrogen-bond donors (Lipinski definition) is 1. The summed E-state index contributed by atoms with van der Waals surface area (Å²) in [4.78, 5) is 32.3. The highest BCUT2D eigenvalue weighted by molar-refractivity contribution is 5.94. The lowest BCUT2D eigenvalue weighted by Gasteiger charge is -2.30. The van der Waals surface area contributed by atoms with E-state index in [4.69, 9.17) is 9.97 Å². The third-order valence-corrected chi connectivity index (χ3v) is 5.30. The summed E-state index contributed by atoms with van der Waals surface area (Å²) >= 11 is 0. The summed E-state index contributed by atoms with van der Waals surface area (Å²) in [6.45, 7) is 0.894. The number of hydrogen-bond acceptors (Lipinski definition) is 6.